The van der Waals surface area contributed by atoms with Crippen LogP contribution < -0.4 is 20.4 Å². The Kier molecular flexibility index (Phi) is 7.56. The molecule has 0 unspecified atom stereocenters. The Morgan fingerprint density at radius 1 is 1.04 bits per heavy atom. The Labute approximate surface area is 165 Å². The van der Waals surface area contributed by atoms with Crippen molar-refractivity contribution < 1.29 is 14.3 Å². The fourth-order valence-electron chi connectivity index (χ4n) is 2.37. The third-order valence-corrected chi connectivity index (χ3v) is 3.91. The number of carbonyl (C=O) groups excluding carboxylic acids is 2. The van der Waals surface area contributed by atoms with E-state index < -0.39 is 0 Å². The number of hydrogen-bond donors (Lipinski definition) is 2. The molecular formula is C21H26N4O3. The minimum atomic E-state index is -0.387. The van der Waals surface area contributed by atoms with E-state index in [2.05, 4.69) is 15.8 Å². The summed E-state index contributed by atoms with van der Waals surface area (Å²) >= 11 is 0. The van der Waals surface area contributed by atoms with Crippen LogP contribution in [0.3, 0.4) is 0 Å². The average Bonchev–Trinajstić information content (AvgIpc) is 2.66. The molecule has 148 valence electrons. The van der Waals surface area contributed by atoms with E-state index in [-0.39, 0.29) is 24.8 Å². The fraction of sp³-hybridized carbons (Fsp3) is 0.286. The number of amides is 2. The molecular weight excluding hydrogens is 356 g/mol. The van der Waals surface area contributed by atoms with Crippen LogP contribution in [-0.2, 0) is 9.59 Å². The number of ether oxygens (including phenoxy) is 1. The van der Waals surface area contributed by atoms with Gasteiger partial charge in [-0.15, -0.1) is 0 Å². The molecule has 0 radical (unpaired) electrons. The second-order valence-electron chi connectivity index (χ2n) is 6.60. The summed E-state index contributed by atoms with van der Waals surface area (Å²) in [5.41, 5.74) is 5.60. The van der Waals surface area contributed by atoms with E-state index in [0.29, 0.717) is 17.1 Å². The van der Waals surface area contributed by atoms with E-state index in [1.807, 2.05) is 68.4 Å². The maximum Gasteiger partial charge on any atom is 0.277 e. The highest BCUT2D eigenvalue weighted by Gasteiger charge is 2.07. The van der Waals surface area contributed by atoms with E-state index in [1.54, 1.807) is 13.0 Å². The lowest BCUT2D eigenvalue weighted by molar-refractivity contribution is -0.123. The number of nitrogens with zero attached hydrogens (tertiary/aromatic N) is 2. The van der Waals surface area contributed by atoms with Gasteiger partial charge in [-0.2, -0.15) is 5.10 Å². The molecule has 2 aromatic carbocycles. The van der Waals surface area contributed by atoms with Gasteiger partial charge in [0, 0.05) is 31.2 Å². The summed E-state index contributed by atoms with van der Waals surface area (Å²) in [6, 6.07) is 15.0. The SMILES string of the molecule is CC(CC(=O)Nc1ccc(N(C)C)cc1)=NNC(=O)COc1ccccc1C. The van der Waals surface area contributed by atoms with Crippen molar-refractivity contribution in [3.05, 3.63) is 54.1 Å². The summed E-state index contributed by atoms with van der Waals surface area (Å²) < 4.78 is 5.45. The molecule has 0 bridgehead atoms. The Balaban J connectivity index is 1.77. The van der Waals surface area contributed by atoms with Gasteiger partial charge in [0.1, 0.15) is 5.75 Å². The number of anilines is 2. The minimum absolute atomic E-state index is 0.0777. The van der Waals surface area contributed by atoms with Crippen LogP contribution >= 0.6 is 0 Å². The van der Waals surface area contributed by atoms with Crippen LogP contribution in [0.15, 0.2) is 53.6 Å². The minimum Gasteiger partial charge on any atom is -0.483 e. The molecule has 0 aliphatic carbocycles. The van der Waals surface area contributed by atoms with Crippen molar-refractivity contribution in [1.29, 1.82) is 0 Å². The van der Waals surface area contributed by atoms with Gasteiger partial charge >= 0.3 is 0 Å². The van der Waals surface area contributed by atoms with Gasteiger partial charge in [0.05, 0.1) is 6.42 Å². The lowest BCUT2D eigenvalue weighted by atomic mass is 10.2. The first-order valence-electron chi connectivity index (χ1n) is 8.93. The highest BCUT2D eigenvalue weighted by atomic mass is 16.5. The number of benzene rings is 2. The predicted molar refractivity (Wildman–Crippen MR) is 112 cm³/mol. The monoisotopic (exact) mass is 382 g/mol. The van der Waals surface area contributed by atoms with E-state index in [4.69, 9.17) is 4.74 Å². The second kappa shape index (κ2) is 10.1. The van der Waals surface area contributed by atoms with Gasteiger partial charge in [-0.3, -0.25) is 9.59 Å². The molecule has 0 aliphatic rings. The van der Waals surface area contributed by atoms with Gasteiger partial charge in [0.25, 0.3) is 5.91 Å². The van der Waals surface area contributed by atoms with Crippen LogP contribution in [-0.4, -0.2) is 38.2 Å². The molecule has 0 saturated heterocycles. The molecule has 0 saturated carbocycles. The molecule has 28 heavy (non-hydrogen) atoms. The largest absolute Gasteiger partial charge is 0.483 e. The molecule has 0 aromatic heterocycles. The first-order chi connectivity index (χ1) is 13.3. The quantitative estimate of drug-likeness (QED) is 0.543. The number of hydrazone groups is 1. The molecule has 2 N–H and O–H groups in total. The molecule has 2 rings (SSSR count). The van der Waals surface area contributed by atoms with Crippen LogP contribution in [0, 0.1) is 6.92 Å². The highest BCUT2D eigenvalue weighted by Crippen LogP contribution is 2.16. The highest BCUT2D eigenvalue weighted by molar-refractivity contribution is 6.05. The first kappa shape index (κ1) is 21.0. The first-order valence-corrected chi connectivity index (χ1v) is 8.93. The molecule has 7 nitrogen and oxygen atoms in total. The summed E-state index contributed by atoms with van der Waals surface area (Å²) in [6.07, 6.45) is 0.0777. The van der Waals surface area contributed by atoms with Crippen LogP contribution in [0.4, 0.5) is 11.4 Å². The van der Waals surface area contributed by atoms with Gasteiger partial charge in [0.15, 0.2) is 6.61 Å². The Bertz CT molecular complexity index is 845. The van der Waals surface area contributed by atoms with Crippen LogP contribution in [0.5, 0.6) is 5.75 Å². The van der Waals surface area contributed by atoms with Gasteiger partial charge in [0.2, 0.25) is 5.91 Å². The fourth-order valence-corrected chi connectivity index (χ4v) is 2.37. The molecule has 0 aliphatic heterocycles. The topological polar surface area (TPSA) is 83.0 Å². The average molecular weight is 382 g/mol. The molecule has 2 amide bonds. The number of para-hydroxylation sites is 1. The smallest absolute Gasteiger partial charge is 0.277 e. The zero-order valence-corrected chi connectivity index (χ0v) is 16.7. The summed E-state index contributed by atoms with van der Waals surface area (Å²) in [7, 11) is 3.90. The van der Waals surface area contributed by atoms with E-state index in [0.717, 1.165) is 11.3 Å². The lowest BCUT2D eigenvalue weighted by Crippen LogP contribution is -2.26. The van der Waals surface area contributed by atoms with Crippen molar-refractivity contribution >= 4 is 28.9 Å². The number of carbonyl (C=O) groups is 2. The third kappa shape index (κ3) is 6.75. The van der Waals surface area contributed by atoms with Crippen molar-refractivity contribution in [2.24, 2.45) is 5.10 Å². The maximum atomic E-state index is 12.1. The summed E-state index contributed by atoms with van der Waals surface area (Å²) in [5, 5.41) is 6.75. The van der Waals surface area contributed by atoms with E-state index in [9.17, 15) is 9.59 Å². The van der Waals surface area contributed by atoms with Crippen molar-refractivity contribution in [2.75, 3.05) is 30.9 Å². The van der Waals surface area contributed by atoms with Gasteiger partial charge in [-0.05, 0) is 49.7 Å². The summed E-state index contributed by atoms with van der Waals surface area (Å²) in [4.78, 5) is 25.9. The van der Waals surface area contributed by atoms with Crippen molar-refractivity contribution in [3.8, 4) is 5.75 Å². The maximum absolute atomic E-state index is 12.1. The second-order valence-corrected chi connectivity index (χ2v) is 6.60. The number of aryl methyl sites for hydroxylation is 1. The molecule has 0 heterocycles. The van der Waals surface area contributed by atoms with Gasteiger partial charge < -0.3 is 15.0 Å². The van der Waals surface area contributed by atoms with Crippen molar-refractivity contribution in [2.45, 2.75) is 20.3 Å². The molecule has 7 heteroatoms. The number of hydrogen-bond acceptors (Lipinski definition) is 5. The van der Waals surface area contributed by atoms with Crippen LogP contribution in [0.25, 0.3) is 0 Å². The molecule has 0 fully saturated rings. The van der Waals surface area contributed by atoms with Crippen molar-refractivity contribution in [1.82, 2.24) is 5.43 Å². The summed E-state index contributed by atoms with van der Waals surface area (Å²) in [5.74, 6) is 0.0598. The Morgan fingerprint density at radius 3 is 2.36 bits per heavy atom. The summed E-state index contributed by atoms with van der Waals surface area (Å²) in [6.45, 7) is 3.44. The lowest BCUT2D eigenvalue weighted by Gasteiger charge is -2.13. The third-order valence-electron chi connectivity index (χ3n) is 3.91. The standard InChI is InChI=1S/C21H26N4O3/c1-15-7-5-6-8-19(15)28-14-21(27)24-23-16(2)13-20(26)22-17-9-11-18(12-10-17)25(3)4/h5-12H,13-14H2,1-4H3,(H,22,26)(H,24,27). The number of rotatable bonds is 8. The Hall–Kier alpha value is -3.35. The molecule has 0 atom stereocenters. The Morgan fingerprint density at radius 2 is 1.71 bits per heavy atom. The van der Waals surface area contributed by atoms with Gasteiger partial charge in [-0.25, -0.2) is 5.43 Å². The molecule has 0 spiro atoms. The molecule has 2 aromatic rings. The van der Waals surface area contributed by atoms with Crippen LogP contribution in [0.1, 0.15) is 18.9 Å². The van der Waals surface area contributed by atoms with Crippen LogP contribution in [0.2, 0.25) is 0 Å². The number of nitrogens with one attached hydrogen (secondary N) is 2. The van der Waals surface area contributed by atoms with Gasteiger partial charge in [-0.1, -0.05) is 18.2 Å². The van der Waals surface area contributed by atoms with E-state index in [1.165, 1.54) is 0 Å². The van der Waals surface area contributed by atoms with Crippen molar-refractivity contribution in [3.63, 3.8) is 0 Å². The van der Waals surface area contributed by atoms with E-state index >= 15 is 0 Å². The normalized spacial score (nSPS) is 10.9. The zero-order chi connectivity index (χ0) is 20.5. The predicted octanol–water partition coefficient (Wildman–Crippen LogP) is 2.96. The zero-order valence-electron chi connectivity index (χ0n) is 16.7.